The molecular formula is C13H22N2O11S2. The zero-order valence-electron chi connectivity index (χ0n) is 14.2. The molecule has 0 aromatic heterocycles. The van der Waals surface area contributed by atoms with Crippen molar-refractivity contribution in [2.24, 2.45) is 0 Å². The van der Waals surface area contributed by atoms with E-state index in [1.807, 2.05) is 4.72 Å². The standard InChI is InChI=1S/C13H22N2O11S2/c16-5-9(18)10(19)11(20)12(21)13(28(24,25)26)15-7-1-3-8(4-2-7)27(22,23)14-6-17/h1-4,9-21H,5-6H2,(H,24,25,26)/t9-,10+,11-,12-,13+/m1/s1. The smallest absolute Gasteiger partial charge is 0.288 e. The molecule has 0 fully saturated rings. The second-order valence-corrected chi connectivity index (χ2v) is 8.94. The lowest BCUT2D eigenvalue weighted by atomic mass is 10.0. The summed E-state index contributed by atoms with van der Waals surface area (Å²) in [5.74, 6) is 0. The van der Waals surface area contributed by atoms with Crippen molar-refractivity contribution in [3.05, 3.63) is 24.3 Å². The zero-order chi connectivity index (χ0) is 21.7. The van der Waals surface area contributed by atoms with Crippen molar-refractivity contribution in [3.8, 4) is 0 Å². The van der Waals surface area contributed by atoms with Gasteiger partial charge in [0.25, 0.3) is 10.1 Å². The molecule has 0 unspecified atom stereocenters. The van der Waals surface area contributed by atoms with Crippen molar-refractivity contribution >= 4 is 25.8 Å². The number of hydrogen-bond acceptors (Lipinski definition) is 11. The van der Waals surface area contributed by atoms with Gasteiger partial charge in [-0.25, -0.2) is 8.42 Å². The van der Waals surface area contributed by atoms with E-state index in [1.54, 1.807) is 0 Å². The average Bonchev–Trinajstić information content (AvgIpc) is 2.63. The molecule has 0 bridgehead atoms. The minimum absolute atomic E-state index is 0.103. The van der Waals surface area contributed by atoms with Crippen LogP contribution in [0.3, 0.4) is 0 Å². The van der Waals surface area contributed by atoms with Gasteiger partial charge in [0.2, 0.25) is 10.0 Å². The van der Waals surface area contributed by atoms with Gasteiger partial charge in [-0.3, -0.25) is 4.55 Å². The van der Waals surface area contributed by atoms with Crippen LogP contribution >= 0.6 is 0 Å². The molecular weight excluding hydrogens is 424 g/mol. The van der Waals surface area contributed by atoms with Gasteiger partial charge in [0, 0.05) is 5.69 Å². The average molecular weight is 446 g/mol. The van der Waals surface area contributed by atoms with E-state index in [4.69, 9.17) is 10.2 Å². The van der Waals surface area contributed by atoms with Crippen molar-refractivity contribution in [1.29, 1.82) is 0 Å². The molecule has 9 N–H and O–H groups in total. The Morgan fingerprint density at radius 1 is 0.857 bits per heavy atom. The van der Waals surface area contributed by atoms with Crippen molar-refractivity contribution in [1.82, 2.24) is 4.72 Å². The predicted octanol–water partition coefficient (Wildman–Crippen LogP) is -4.02. The maximum atomic E-state index is 11.7. The van der Waals surface area contributed by atoms with Crippen LogP contribution in [0.15, 0.2) is 29.2 Å². The van der Waals surface area contributed by atoms with Crippen LogP contribution in [0.25, 0.3) is 0 Å². The Balaban J connectivity index is 3.08. The first-order valence-corrected chi connectivity index (χ1v) is 10.6. The molecule has 1 rings (SSSR count). The van der Waals surface area contributed by atoms with Crippen molar-refractivity contribution in [2.45, 2.75) is 34.7 Å². The summed E-state index contributed by atoms with van der Waals surface area (Å²) in [6.45, 7) is -1.84. The molecule has 0 heterocycles. The summed E-state index contributed by atoms with van der Waals surface area (Å²) in [6, 6.07) is 4.19. The molecule has 0 radical (unpaired) electrons. The second-order valence-electron chi connectivity index (χ2n) is 5.63. The van der Waals surface area contributed by atoms with Gasteiger partial charge in [0.1, 0.15) is 31.1 Å². The van der Waals surface area contributed by atoms with Gasteiger partial charge in [-0.1, -0.05) is 0 Å². The SMILES string of the molecule is O=S(=O)(NCO)c1ccc(N[C@H]([C@H](O)[C@H](O)[C@@H](O)[C@H](O)CO)S(=O)(=O)O)cc1. The molecule has 0 aliphatic rings. The minimum Gasteiger partial charge on any atom is -0.394 e. The van der Waals surface area contributed by atoms with Gasteiger partial charge >= 0.3 is 0 Å². The van der Waals surface area contributed by atoms with E-state index in [9.17, 15) is 41.8 Å². The highest BCUT2D eigenvalue weighted by Crippen LogP contribution is 2.19. The lowest BCUT2D eigenvalue weighted by molar-refractivity contribution is -0.114. The number of aliphatic hydroxyl groups is 6. The minimum atomic E-state index is -5.06. The largest absolute Gasteiger partial charge is 0.394 e. The monoisotopic (exact) mass is 446 g/mol. The maximum absolute atomic E-state index is 11.7. The first-order valence-electron chi connectivity index (χ1n) is 7.61. The van der Waals surface area contributed by atoms with Gasteiger partial charge < -0.3 is 36.0 Å². The Morgan fingerprint density at radius 3 is 1.82 bits per heavy atom. The van der Waals surface area contributed by atoms with Crippen LogP contribution in [-0.4, -0.2) is 95.2 Å². The summed E-state index contributed by atoms with van der Waals surface area (Å²) in [4.78, 5) is -0.280. The van der Waals surface area contributed by atoms with Crippen LogP contribution in [0.1, 0.15) is 0 Å². The summed E-state index contributed by atoms with van der Waals surface area (Å²) >= 11 is 0. The summed E-state index contributed by atoms with van der Waals surface area (Å²) in [5.41, 5.74) is -0.103. The van der Waals surface area contributed by atoms with E-state index < -0.39 is 63.3 Å². The van der Waals surface area contributed by atoms with E-state index in [0.29, 0.717) is 0 Å². The van der Waals surface area contributed by atoms with Gasteiger partial charge in [-0.05, 0) is 24.3 Å². The molecule has 0 saturated heterocycles. The third-order valence-corrected chi connectivity index (χ3v) is 6.08. The van der Waals surface area contributed by atoms with Crippen LogP contribution < -0.4 is 10.0 Å². The van der Waals surface area contributed by atoms with Crippen LogP contribution in [0.4, 0.5) is 5.69 Å². The highest BCUT2D eigenvalue weighted by Gasteiger charge is 2.40. The molecule has 15 heteroatoms. The molecule has 162 valence electrons. The normalized spacial score (nSPS) is 18.1. The number of sulfonamides is 1. The Bertz CT molecular complexity index is 829. The molecule has 0 aliphatic carbocycles. The van der Waals surface area contributed by atoms with Gasteiger partial charge in [0.05, 0.1) is 11.5 Å². The fourth-order valence-corrected chi connectivity index (χ4v) is 3.75. The lowest BCUT2D eigenvalue weighted by Crippen LogP contribution is -2.54. The van der Waals surface area contributed by atoms with Crippen LogP contribution in [0.5, 0.6) is 0 Å². The number of aliphatic hydroxyl groups excluding tert-OH is 6. The highest BCUT2D eigenvalue weighted by molar-refractivity contribution is 7.89. The second kappa shape index (κ2) is 9.88. The zero-order valence-corrected chi connectivity index (χ0v) is 15.8. The number of rotatable bonds is 11. The molecule has 0 saturated carbocycles. The predicted molar refractivity (Wildman–Crippen MR) is 93.9 cm³/mol. The first-order chi connectivity index (χ1) is 12.8. The number of anilines is 1. The molecule has 5 atom stereocenters. The van der Waals surface area contributed by atoms with Crippen molar-refractivity contribution < 1.29 is 52.0 Å². The third-order valence-electron chi connectivity index (χ3n) is 3.64. The Hall–Kier alpha value is -1.40. The van der Waals surface area contributed by atoms with Crippen LogP contribution in [0, 0.1) is 0 Å². The summed E-state index contributed by atoms with van der Waals surface area (Å²) in [6.07, 6.45) is -8.67. The number of hydrogen-bond donors (Lipinski definition) is 9. The highest BCUT2D eigenvalue weighted by atomic mass is 32.2. The fourth-order valence-electron chi connectivity index (χ4n) is 2.12. The Kier molecular flexibility index (Phi) is 8.69. The molecule has 0 aliphatic heterocycles. The molecule has 0 amide bonds. The van der Waals surface area contributed by atoms with Gasteiger partial charge in [-0.2, -0.15) is 13.1 Å². The van der Waals surface area contributed by atoms with Gasteiger partial charge in [-0.15, -0.1) is 0 Å². The van der Waals surface area contributed by atoms with E-state index in [-0.39, 0.29) is 10.6 Å². The van der Waals surface area contributed by atoms with Crippen LogP contribution in [-0.2, 0) is 20.1 Å². The number of benzene rings is 1. The van der Waals surface area contributed by atoms with E-state index in [2.05, 4.69) is 5.32 Å². The molecule has 1 aromatic carbocycles. The molecule has 0 spiro atoms. The quantitative estimate of drug-likeness (QED) is 0.117. The summed E-state index contributed by atoms with van der Waals surface area (Å²) in [5, 5.41) is 56.0. The third kappa shape index (κ3) is 6.31. The Labute approximate surface area is 160 Å². The molecule has 1 aromatic rings. The van der Waals surface area contributed by atoms with Crippen molar-refractivity contribution in [3.63, 3.8) is 0 Å². The molecule has 28 heavy (non-hydrogen) atoms. The Morgan fingerprint density at radius 2 is 1.39 bits per heavy atom. The first kappa shape index (κ1) is 24.6. The fraction of sp³-hybridized carbons (Fsp3) is 0.538. The summed E-state index contributed by atoms with van der Waals surface area (Å²) in [7, 11) is -9.07. The summed E-state index contributed by atoms with van der Waals surface area (Å²) < 4.78 is 57.6. The topological polar surface area (TPSA) is 234 Å². The van der Waals surface area contributed by atoms with E-state index >= 15 is 0 Å². The van der Waals surface area contributed by atoms with E-state index in [0.717, 1.165) is 24.3 Å². The van der Waals surface area contributed by atoms with Gasteiger partial charge in [0.15, 0.2) is 5.37 Å². The van der Waals surface area contributed by atoms with Crippen LogP contribution in [0.2, 0.25) is 0 Å². The van der Waals surface area contributed by atoms with E-state index in [1.165, 1.54) is 0 Å². The lowest BCUT2D eigenvalue weighted by Gasteiger charge is -2.30. The maximum Gasteiger partial charge on any atom is 0.288 e. The van der Waals surface area contributed by atoms with Crippen molar-refractivity contribution in [2.75, 3.05) is 18.7 Å². The number of nitrogens with one attached hydrogen (secondary N) is 2. The molecule has 13 nitrogen and oxygen atoms in total.